The van der Waals surface area contributed by atoms with Gasteiger partial charge in [0.2, 0.25) is 11.6 Å². The number of nitro groups is 1. The molecule has 0 aliphatic carbocycles. The number of anilines is 3. The van der Waals surface area contributed by atoms with E-state index in [1.165, 1.54) is 6.33 Å². The lowest BCUT2D eigenvalue weighted by molar-refractivity contribution is -0.383. The molecule has 1 aliphatic heterocycles. The predicted octanol–water partition coefficient (Wildman–Crippen LogP) is 1.67. The van der Waals surface area contributed by atoms with E-state index in [9.17, 15) is 10.1 Å². The summed E-state index contributed by atoms with van der Waals surface area (Å²) >= 11 is 0. The van der Waals surface area contributed by atoms with Crippen LogP contribution in [0.4, 0.5) is 23.0 Å². The van der Waals surface area contributed by atoms with Crippen LogP contribution in [0.3, 0.4) is 0 Å². The van der Waals surface area contributed by atoms with E-state index in [-0.39, 0.29) is 11.5 Å². The molecule has 0 unspecified atom stereocenters. The first-order valence-corrected chi connectivity index (χ1v) is 7.82. The highest BCUT2D eigenvalue weighted by atomic mass is 16.6. The third-order valence-electron chi connectivity index (χ3n) is 4.05. The van der Waals surface area contributed by atoms with E-state index in [4.69, 9.17) is 0 Å². The number of aromatic nitrogens is 3. The zero-order valence-electron chi connectivity index (χ0n) is 13.4. The van der Waals surface area contributed by atoms with E-state index in [1.807, 2.05) is 4.90 Å². The van der Waals surface area contributed by atoms with Crippen LogP contribution in [0.2, 0.25) is 0 Å². The van der Waals surface area contributed by atoms with E-state index in [0.717, 1.165) is 19.6 Å². The lowest BCUT2D eigenvalue weighted by Gasteiger charge is -2.34. The summed E-state index contributed by atoms with van der Waals surface area (Å²) < 4.78 is 0. The molecule has 1 saturated heterocycles. The molecule has 1 aliphatic rings. The van der Waals surface area contributed by atoms with E-state index >= 15 is 0 Å². The van der Waals surface area contributed by atoms with Crippen molar-refractivity contribution in [3.63, 3.8) is 0 Å². The van der Waals surface area contributed by atoms with Crippen LogP contribution in [0.5, 0.6) is 0 Å². The van der Waals surface area contributed by atoms with E-state index in [2.05, 4.69) is 32.1 Å². The van der Waals surface area contributed by atoms with E-state index in [1.54, 1.807) is 24.5 Å². The third-order valence-corrected chi connectivity index (χ3v) is 4.05. The molecule has 9 nitrogen and oxygen atoms in total. The number of nitrogens with zero attached hydrogens (tertiary/aromatic N) is 6. The Balaban J connectivity index is 1.90. The van der Waals surface area contributed by atoms with Gasteiger partial charge >= 0.3 is 5.69 Å². The monoisotopic (exact) mass is 329 g/mol. The number of hydrogen-bond acceptors (Lipinski definition) is 8. The molecule has 0 atom stereocenters. The fraction of sp³-hybridized carbons (Fsp3) is 0.400. The Morgan fingerprint density at radius 1 is 1.21 bits per heavy atom. The Kier molecular flexibility index (Phi) is 4.80. The predicted molar refractivity (Wildman–Crippen MR) is 90.5 cm³/mol. The van der Waals surface area contributed by atoms with Crippen LogP contribution < -0.4 is 10.2 Å². The van der Waals surface area contributed by atoms with Crippen molar-refractivity contribution >= 4 is 23.0 Å². The van der Waals surface area contributed by atoms with Gasteiger partial charge in [-0.2, -0.15) is 0 Å². The maximum Gasteiger partial charge on any atom is 0.353 e. The van der Waals surface area contributed by atoms with Gasteiger partial charge in [-0.15, -0.1) is 0 Å². The number of piperazine rings is 1. The Hall–Kier alpha value is -2.81. The zero-order chi connectivity index (χ0) is 16.9. The van der Waals surface area contributed by atoms with Crippen molar-refractivity contribution in [2.24, 2.45) is 0 Å². The molecule has 3 heterocycles. The number of likely N-dealkylation sites (N-methyl/N-ethyl adjacent to an activating group) is 1. The lowest BCUT2D eigenvalue weighted by Crippen LogP contribution is -2.46. The molecule has 9 heteroatoms. The van der Waals surface area contributed by atoms with Gasteiger partial charge in [-0.1, -0.05) is 6.92 Å². The minimum atomic E-state index is -0.426. The quantitative estimate of drug-likeness (QED) is 0.653. The summed E-state index contributed by atoms with van der Waals surface area (Å²) in [6, 6.07) is 3.46. The summed E-state index contributed by atoms with van der Waals surface area (Å²) in [5, 5.41) is 14.6. The van der Waals surface area contributed by atoms with Crippen molar-refractivity contribution in [2.75, 3.05) is 42.9 Å². The Morgan fingerprint density at radius 3 is 2.54 bits per heavy atom. The van der Waals surface area contributed by atoms with Crippen molar-refractivity contribution < 1.29 is 4.92 Å². The van der Waals surface area contributed by atoms with Crippen LogP contribution in [0.1, 0.15) is 6.92 Å². The normalized spacial score (nSPS) is 15.3. The van der Waals surface area contributed by atoms with Crippen LogP contribution in [-0.2, 0) is 0 Å². The minimum Gasteiger partial charge on any atom is -0.348 e. The van der Waals surface area contributed by atoms with Crippen LogP contribution in [0.15, 0.2) is 30.9 Å². The maximum absolute atomic E-state index is 11.6. The highest BCUT2D eigenvalue weighted by Crippen LogP contribution is 2.33. The fourth-order valence-electron chi connectivity index (χ4n) is 2.71. The molecule has 0 spiro atoms. The maximum atomic E-state index is 11.6. The lowest BCUT2D eigenvalue weighted by atomic mass is 10.3. The molecular weight excluding hydrogens is 310 g/mol. The second-order valence-electron chi connectivity index (χ2n) is 5.43. The summed E-state index contributed by atoms with van der Waals surface area (Å²) in [4.78, 5) is 27.6. The van der Waals surface area contributed by atoms with Gasteiger partial charge in [0.15, 0.2) is 0 Å². The molecule has 1 fully saturated rings. The van der Waals surface area contributed by atoms with Crippen molar-refractivity contribution in [1.82, 2.24) is 19.9 Å². The van der Waals surface area contributed by atoms with E-state index in [0.29, 0.717) is 24.6 Å². The fourth-order valence-corrected chi connectivity index (χ4v) is 2.71. The number of pyridine rings is 1. The molecular formula is C15H19N7O2. The van der Waals surface area contributed by atoms with Gasteiger partial charge in [0.1, 0.15) is 6.33 Å². The highest BCUT2D eigenvalue weighted by Gasteiger charge is 2.29. The number of nitrogens with one attached hydrogen (secondary N) is 1. The molecule has 0 radical (unpaired) electrons. The summed E-state index contributed by atoms with van der Waals surface area (Å²) in [5.74, 6) is 0.552. The van der Waals surface area contributed by atoms with Crippen molar-refractivity contribution in [1.29, 1.82) is 0 Å². The minimum absolute atomic E-state index is 0.0979. The van der Waals surface area contributed by atoms with Gasteiger partial charge in [0.25, 0.3) is 0 Å². The second-order valence-corrected chi connectivity index (χ2v) is 5.43. The summed E-state index contributed by atoms with van der Waals surface area (Å²) in [5.41, 5.74) is 0.591. The smallest absolute Gasteiger partial charge is 0.348 e. The van der Waals surface area contributed by atoms with Gasteiger partial charge in [0, 0.05) is 44.3 Å². The molecule has 0 saturated carbocycles. The molecule has 126 valence electrons. The largest absolute Gasteiger partial charge is 0.353 e. The van der Waals surface area contributed by atoms with Gasteiger partial charge < -0.3 is 15.1 Å². The summed E-state index contributed by atoms with van der Waals surface area (Å²) in [6.45, 7) is 6.24. The first-order valence-electron chi connectivity index (χ1n) is 7.82. The Morgan fingerprint density at radius 2 is 1.92 bits per heavy atom. The average molecular weight is 329 g/mol. The molecule has 2 aromatic heterocycles. The van der Waals surface area contributed by atoms with Gasteiger partial charge in [-0.3, -0.25) is 15.1 Å². The molecule has 3 rings (SSSR count). The highest BCUT2D eigenvalue weighted by molar-refractivity contribution is 5.74. The van der Waals surface area contributed by atoms with Crippen molar-refractivity contribution in [3.05, 3.63) is 41.0 Å². The third kappa shape index (κ3) is 3.40. The molecule has 2 aromatic rings. The van der Waals surface area contributed by atoms with Crippen LogP contribution in [-0.4, -0.2) is 57.5 Å². The second kappa shape index (κ2) is 7.18. The summed E-state index contributed by atoms with van der Waals surface area (Å²) in [6.07, 6.45) is 4.58. The SMILES string of the molecule is CCN1CCN(c2ncnc(Nc3ccncc3)c2[N+](=O)[O-])CC1. The standard InChI is InChI=1S/C15H19N7O2/c1-2-20-7-9-21(10-8-20)15-13(22(23)24)14(17-11-18-15)19-12-3-5-16-6-4-12/h3-6,11H,2,7-10H2,1H3,(H,16,17,18,19). The van der Waals surface area contributed by atoms with E-state index < -0.39 is 4.92 Å². The van der Waals surface area contributed by atoms with Crippen molar-refractivity contribution in [2.45, 2.75) is 6.92 Å². The van der Waals surface area contributed by atoms with Gasteiger partial charge in [-0.25, -0.2) is 9.97 Å². The topological polar surface area (TPSA) is 100 Å². The van der Waals surface area contributed by atoms with Crippen LogP contribution in [0, 0.1) is 10.1 Å². The summed E-state index contributed by atoms with van der Waals surface area (Å²) in [7, 11) is 0. The van der Waals surface area contributed by atoms with Crippen LogP contribution >= 0.6 is 0 Å². The molecule has 1 N–H and O–H groups in total. The average Bonchev–Trinajstić information content (AvgIpc) is 2.62. The number of hydrogen-bond donors (Lipinski definition) is 1. The zero-order valence-corrected chi connectivity index (χ0v) is 13.4. The molecule has 0 amide bonds. The molecule has 0 bridgehead atoms. The Bertz CT molecular complexity index is 702. The van der Waals surface area contributed by atoms with Gasteiger partial charge in [0.05, 0.1) is 4.92 Å². The van der Waals surface area contributed by atoms with Crippen LogP contribution in [0.25, 0.3) is 0 Å². The van der Waals surface area contributed by atoms with Crippen molar-refractivity contribution in [3.8, 4) is 0 Å². The molecule has 0 aromatic carbocycles. The first-order chi connectivity index (χ1) is 11.7. The Labute approximate surface area is 139 Å². The van der Waals surface area contributed by atoms with Gasteiger partial charge in [-0.05, 0) is 18.7 Å². The first kappa shape index (κ1) is 16.1. The molecule has 24 heavy (non-hydrogen) atoms. The number of rotatable bonds is 5.